The highest BCUT2D eigenvalue weighted by molar-refractivity contribution is 5.78. The van der Waals surface area contributed by atoms with E-state index in [4.69, 9.17) is 4.74 Å². The first kappa shape index (κ1) is 13.4. The van der Waals surface area contributed by atoms with E-state index >= 15 is 0 Å². The minimum atomic E-state index is -4.38. The van der Waals surface area contributed by atoms with Gasteiger partial charge in [-0.2, -0.15) is 13.2 Å². The Bertz CT molecular complexity index is 778. The zero-order valence-corrected chi connectivity index (χ0v) is 10.9. The Morgan fingerprint density at radius 1 is 1.10 bits per heavy atom. The van der Waals surface area contributed by atoms with E-state index in [2.05, 4.69) is 9.97 Å². The lowest BCUT2D eigenvalue weighted by Gasteiger charge is -2.07. The van der Waals surface area contributed by atoms with Crippen LogP contribution in [0.5, 0.6) is 5.88 Å². The van der Waals surface area contributed by atoms with Crippen LogP contribution in [0.3, 0.4) is 0 Å². The van der Waals surface area contributed by atoms with E-state index in [9.17, 15) is 13.2 Å². The molecule has 3 rings (SSSR count). The lowest BCUT2D eigenvalue weighted by molar-refractivity contribution is -0.137. The molecule has 0 spiro atoms. The number of methoxy groups -OCH3 is 1. The Morgan fingerprint density at radius 2 is 1.90 bits per heavy atom. The number of rotatable bonds is 2. The van der Waals surface area contributed by atoms with Crippen LogP contribution in [-0.2, 0) is 6.18 Å². The number of benzene rings is 1. The van der Waals surface area contributed by atoms with Gasteiger partial charge in [0.25, 0.3) is 0 Å². The summed E-state index contributed by atoms with van der Waals surface area (Å²) in [5, 5.41) is 0. The molecule has 2 heterocycles. The molecule has 0 fully saturated rings. The van der Waals surface area contributed by atoms with Gasteiger partial charge in [0, 0.05) is 6.07 Å². The van der Waals surface area contributed by atoms with Gasteiger partial charge in [0.15, 0.2) is 0 Å². The van der Waals surface area contributed by atoms with Crippen LogP contribution in [0.25, 0.3) is 16.7 Å². The summed E-state index contributed by atoms with van der Waals surface area (Å²) in [5.41, 5.74) is 0.835. The minimum absolute atomic E-state index is 0.278. The highest BCUT2D eigenvalue weighted by Gasteiger charge is 2.30. The van der Waals surface area contributed by atoms with Gasteiger partial charge in [0.1, 0.15) is 6.33 Å². The highest BCUT2D eigenvalue weighted by atomic mass is 19.4. The monoisotopic (exact) mass is 293 g/mol. The number of hydrogen-bond acceptors (Lipinski definition) is 3. The molecule has 0 saturated heterocycles. The van der Waals surface area contributed by atoms with E-state index < -0.39 is 11.7 Å². The van der Waals surface area contributed by atoms with Crippen molar-refractivity contribution in [2.75, 3.05) is 7.11 Å². The zero-order valence-electron chi connectivity index (χ0n) is 10.9. The SMILES string of the molecule is COc1ccc(-n2cnc3cc(C(F)(F)F)ccc32)cn1. The molecule has 0 unspecified atom stereocenters. The average Bonchev–Trinajstić information content (AvgIpc) is 2.89. The Kier molecular flexibility index (Phi) is 3.04. The first-order valence-electron chi connectivity index (χ1n) is 6.04. The van der Waals surface area contributed by atoms with Crippen molar-refractivity contribution < 1.29 is 17.9 Å². The van der Waals surface area contributed by atoms with E-state index in [0.717, 1.165) is 12.1 Å². The molecule has 0 radical (unpaired) electrons. The summed E-state index contributed by atoms with van der Waals surface area (Å²) in [6.07, 6.45) is -1.34. The van der Waals surface area contributed by atoms with Crippen LogP contribution in [0.2, 0.25) is 0 Å². The highest BCUT2D eigenvalue weighted by Crippen LogP contribution is 2.31. The second-order valence-corrected chi connectivity index (χ2v) is 4.37. The summed E-state index contributed by atoms with van der Waals surface area (Å²) in [7, 11) is 1.51. The van der Waals surface area contributed by atoms with Crippen molar-refractivity contribution in [3.05, 3.63) is 48.4 Å². The molecule has 0 bridgehead atoms. The average molecular weight is 293 g/mol. The van der Waals surface area contributed by atoms with Crippen LogP contribution in [0.15, 0.2) is 42.9 Å². The van der Waals surface area contributed by atoms with Crippen LogP contribution in [0.4, 0.5) is 13.2 Å². The van der Waals surface area contributed by atoms with Crippen LogP contribution in [-0.4, -0.2) is 21.6 Å². The van der Waals surface area contributed by atoms with Crippen molar-refractivity contribution in [3.8, 4) is 11.6 Å². The Morgan fingerprint density at radius 3 is 2.52 bits per heavy atom. The second kappa shape index (κ2) is 4.76. The zero-order chi connectivity index (χ0) is 15.0. The first-order valence-corrected chi connectivity index (χ1v) is 6.04. The fraction of sp³-hybridized carbons (Fsp3) is 0.143. The summed E-state index contributed by atoms with van der Waals surface area (Å²) in [6.45, 7) is 0. The molecule has 0 amide bonds. The van der Waals surface area contributed by atoms with Crippen molar-refractivity contribution in [2.45, 2.75) is 6.18 Å². The van der Waals surface area contributed by atoms with Crippen LogP contribution >= 0.6 is 0 Å². The molecule has 108 valence electrons. The van der Waals surface area contributed by atoms with Crippen LogP contribution in [0, 0.1) is 0 Å². The van der Waals surface area contributed by atoms with Gasteiger partial charge < -0.3 is 4.74 Å². The lowest BCUT2D eigenvalue weighted by atomic mass is 10.2. The second-order valence-electron chi connectivity index (χ2n) is 4.37. The Labute approximate surface area is 117 Å². The number of nitrogens with zero attached hydrogens (tertiary/aromatic N) is 3. The van der Waals surface area contributed by atoms with Gasteiger partial charge in [-0.3, -0.25) is 4.57 Å². The molecular weight excluding hydrogens is 283 g/mol. The number of fused-ring (bicyclic) bond motifs is 1. The number of alkyl halides is 3. The van der Waals surface area contributed by atoms with E-state index in [1.807, 2.05) is 0 Å². The molecule has 0 atom stereocenters. The van der Waals surface area contributed by atoms with Gasteiger partial charge in [0.2, 0.25) is 5.88 Å². The Hall–Kier alpha value is -2.57. The van der Waals surface area contributed by atoms with Crippen molar-refractivity contribution in [1.82, 2.24) is 14.5 Å². The van der Waals surface area contributed by atoms with Gasteiger partial charge in [-0.05, 0) is 24.3 Å². The van der Waals surface area contributed by atoms with E-state index in [1.165, 1.54) is 19.5 Å². The molecule has 2 aromatic heterocycles. The van der Waals surface area contributed by atoms with Gasteiger partial charge >= 0.3 is 6.18 Å². The van der Waals surface area contributed by atoms with E-state index in [-0.39, 0.29) is 5.52 Å². The molecule has 7 heteroatoms. The fourth-order valence-corrected chi connectivity index (χ4v) is 2.03. The third-order valence-electron chi connectivity index (χ3n) is 3.08. The number of imidazole rings is 1. The smallest absolute Gasteiger partial charge is 0.416 e. The predicted molar refractivity (Wildman–Crippen MR) is 70.4 cm³/mol. The molecule has 4 nitrogen and oxygen atoms in total. The number of halogens is 3. The summed E-state index contributed by atoms with van der Waals surface area (Å²) < 4.78 is 44.6. The molecule has 1 aromatic carbocycles. The number of hydrogen-bond donors (Lipinski definition) is 0. The first-order chi connectivity index (χ1) is 9.99. The summed E-state index contributed by atoms with van der Waals surface area (Å²) in [5.74, 6) is 0.461. The van der Waals surface area contributed by atoms with E-state index in [0.29, 0.717) is 17.1 Å². The quantitative estimate of drug-likeness (QED) is 0.726. The van der Waals surface area contributed by atoms with Gasteiger partial charge in [-0.15, -0.1) is 0 Å². The summed E-state index contributed by atoms with van der Waals surface area (Å²) in [6, 6.07) is 6.89. The van der Waals surface area contributed by atoms with Crippen molar-refractivity contribution in [1.29, 1.82) is 0 Å². The maximum absolute atomic E-state index is 12.7. The maximum atomic E-state index is 12.7. The predicted octanol–water partition coefficient (Wildman–Crippen LogP) is 3.45. The van der Waals surface area contributed by atoms with Gasteiger partial charge in [-0.25, -0.2) is 9.97 Å². The fourth-order valence-electron chi connectivity index (χ4n) is 2.03. The topological polar surface area (TPSA) is 39.9 Å². The number of pyridine rings is 1. The number of aromatic nitrogens is 3. The van der Waals surface area contributed by atoms with Crippen molar-refractivity contribution >= 4 is 11.0 Å². The summed E-state index contributed by atoms with van der Waals surface area (Å²) in [4.78, 5) is 8.08. The third kappa shape index (κ3) is 2.42. The maximum Gasteiger partial charge on any atom is 0.416 e. The van der Waals surface area contributed by atoms with Crippen molar-refractivity contribution in [3.63, 3.8) is 0 Å². The largest absolute Gasteiger partial charge is 0.481 e. The van der Waals surface area contributed by atoms with Crippen LogP contribution < -0.4 is 4.74 Å². The standard InChI is InChI=1S/C14H10F3N3O/c1-21-13-5-3-10(7-18-13)20-8-19-11-6-9(14(15,16)17)2-4-12(11)20/h2-8H,1H3. The molecule has 0 aliphatic carbocycles. The summed E-state index contributed by atoms with van der Waals surface area (Å²) >= 11 is 0. The van der Waals surface area contributed by atoms with Crippen molar-refractivity contribution in [2.24, 2.45) is 0 Å². The van der Waals surface area contributed by atoms with Gasteiger partial charge in [0.05, 0.1) is 35.6 Å². The molecular formula is C14H10F3N3O. The van der Waals surface area contributed by atoms with Crippen LogP contribution in [0.1, 0.15) is 5.56 Å². The third-order valence-corrected chi connectivity index (χ3v) is 3.08. The molecule has 0 aliphatic rings. The molecule has 0 N–H and O–H groups in total. The minimum Gasteiger partial charge on any atom is -0.481 e. The van der Waals surface area contributed by atoms with E-state index in [1.54, 1.807) is 22.9 Å². The normalized spacial score (nSPS) is 11.8. The number of ether oxygens (including phenoxy) is 1. The van der Waals surface area contributed by atoms with Gasteiger partial charge in [-0.1, -0.05) is 0 Å². The molecule has 0 saturated carbocycles. The molecule has 3 aromatic rings. The molecule has 21 heavy (non-hydrogen) atoms. The molecule has 0 aliphatic heterocycles. The lowest BCUT2D eigenvalue weighted by Crippen LogP contribution is -2.04. The Balaban J connectivity index is 2.07.